The van der Waals surface area contributed by atoms with Gasteiger partial charge in [-0.2, -0.15) is 0 Å². The maximum absolute atomic E-state index is 14.1. The lowest BCUT2D eigenvalue weighted by atomic mass is 9.74. The van der Waals surface area contributed by atoms with Crippen LogP contribution in [0.2, 0.25) is 0 Å². The molecule has 0 N–H and O–H groups in total. The first-order valence-corrected chi connectivity index (χ1v) is 15.3. The summed E-state index contributed by atoms with van der Waals surface area (Å²) in [5.74, 6) is -0.817. The molecule has 4 aliphatic heterocycles. The molecule has 0 saturated carbocycles. The highest BCUT2D eigenvalue weighted by molar-refractivity contribution is 6.11. The van der Waals surface area contributed by atoms with Crippen molar-refractivity contribution < 1.29 is 19.0 Å². The van der Waals surface area contributed by atoms with Crippen molar-refractivity contribution in [2.24, 2.45) is 16.8 Å². The molecule has 0 radical (unpaired) electrons. The number of nitrogens with zero attached hydrogens (tertiary/aromatic N) is 3. The van der Waals surface area contributed by atoms with Gasteiger partial charge < -0.3 is 14.2 Å². The Morgan fingerprint density at radius 1 is 0.929 bits per heavy atom. The van der Waals surface area contributed by atoms with E-state index in [1.54, 1.807) is 0 Å². The Balaban J connectivity index is 1.36. The van der Waals surface area contributed by atoms with E-state index in [4.69, 9.17) is 19.2 Å². The van der Waals surface area contributed by atoms with Crippen LogP contribution >= 0.6 is 0 Å². The number of rotatable bonds is 9. The van der Waals surface area contributed by atoms with Gasteiger partial charge in [-0.15, -0.1) is 0 Å². The first-order chi connectivity index (χ1) is 20.7. The Morgan fingerprint density at radius 3 is 2.24 bits per heavy atom. The van der Waals surface area contributed by atoms with Crippen LogP contribution in [0.4, 0.5) is 0 Å². The molecule has 0 amide bonds. The van der Waals surface area contributed by atoms with E-state index in [9.17, 15) is 4.79 Å². The number of carbonyl (C=O) groups is 1. The van der Waals surface area contributed by atoms with E-state index >= 15 is 0 Å². The predicted molar refractivity (Wildman–Crippen MR) is 161 cm³/mol. The lowest BCUT2D eigenvalue weighted by Gasteiger charge is -2.45. The van der Waals surface area contributed by atoms with Crippen molar-refractivity contribution in [2.75, 3.05) is 39.5 Å². The monoisotopic (exact) mass is 565 g/mol. The number of morpholine rings is 1. The van der Waals surface area contributed by atoms with Gasteiger partial charge in [-0.3, -0.25) is 14.6 Å². The molecule has 218 valence electrons. The van der Waals surface area contributed by atoms with E-state index in [1.165, 1.54) is 11.1 Å². The normalized spacial score (nSPS) is 30.7. The highest BCUT2D eigenvalue weighted by Crippen LogP contribution is 2.62. The number of esters is 1. The van der Waals surface area contributed by atoms with Gasteiger partial charge in [0, 0.05) is 37.7 Å². The highest BCUT2D eigenvalue weighted by atomic mass is 16.6. The van der Waals surface area contributed by atoms with Gasteiger partial charge in [0.15, 0.2) is 11.4 Å². The van der Waals surface area contributed by atoms with Gasteiger partial charge in [-0.25, -0.2) is 4.99 Å². The number of aryl methyl sites for hydroxylation is 1. The minimum absolute atomic E-state index is 0.0102. The largest absolute Gasteiger partial charge is 0.466 e. The van der Waals surface area contributed by atoms with Gasteiger partial charge in [-0.1, -0.05) is 91.0 Å². The summed E-state index contributed by atoms with van der Waals surface area (Å²) in [6, 6.07) is 31.5. The summed E-state index contributed by atoms with van der Waals surface area (Å²) in [5.41, 5.74) is 2.54. The Kier molecular flexibility index (Phi) is 7.44. The van der Waals surface area contributed by atoms with Crippen molar-refractivity contribution in [3.05, 3.63) is 108 Å². The zero-order valence-corrected chi connectivity index (χ0v) is 24.2. The summed E-state index contributed by atoms with van der Waals surface area (Å²) < 4.78 is 19.1. The molecule has 7 rings (SSSR count). The number of hydrogen-bond donors (Lipinski definition) is 0. The van der Waals surface area contributed by atoms with Crippen LogP contribution < -0.4 is 0 Å². The molecule has 4 heterocycles. The lowest BCUT2D eigenvalue weighted by molar-refractivity contribution is -0.181. The third kappa shape index (κ3) is 4.51. The van der Waals surface area contributed by atoms with Crippen LogP contribution in [0.25, 0.3) is 0 Å². The molecule has 0 aliphatic carbocycles. The van der Waals surface area contributed by atoms with Crippen LogP contribution in [0, 0.1) is 11.8 Å². The molecule has 42 heavy (non-hydrogen) atoms. The van der Waals surface area contributed by atoms with Gasteiger partial charge in [0.2, 0.25) is 0 Å². The molecule has 3 aromatic carbocycles. The van der Waals surface area contributed by atoms with Gasteiger partial charge in [-0.05, 0) is 30.9 Å². The third-order valence-corrected chi connectivity index (χ3v) is 9.50. The first kappa shape index (κ1) is 27.5. The molecule has 4 aliphatic rings. The SMILES string of the molecule is CCOC(=O)[C@H]1C2CN(Cc3ccccc3)[C@@H](CCc3ccccc3)[C@@]23N=C(c2ccccc2)[C@@]1(N1CCOCC1)O3. The van der Waals surface area contributed by atoms with Crippen molar-refractivity contribution in [3.63, 3.8) is 0 Å². The van der Waals surface area contributed by atoms with Gasteiger partial charge in [0.05, 0.1) is 31.6 Å². The number of fused-ring (bicyclic) bond motifs is 1. The van der Waals surface area contributed by atoms with Crippen molar-refractivity contribution in [1.82, 2.24) is 9.80 Å². The Labute approximate surface area is 248 Å². The summed E-state index contributed by atoms with van der Waals surface area (Å²) in [4.78, 5) is 24.5. The first-order valence-electron chi connectivity index (χ1n) is 15.3. The zero-order chi connectivity index (χ0) is 28.6. The number of ether oxygens (including phenoxy) is 3. The average molecular weight is 566 g/mol. The predicted octanol–water partition coefficient (Wildman–Crippen LogP) is 4.56. The van der Waals surface area contributed by atoms with E-state index in [0.29, 0.717) is 32.9 Å². The minimum atomic E-state index is -0.994. The number of aliphatic imine (C=N–C) groups is 1. The van der Waals surface area contributed by atoms with Gasteiger partial charge >= 0.3 is 5.97 Å². The van der Waals surface area contributed by atoms with E-state index in [2.05, 4.69) is 82.6 Å². The quantitative estimate of drug-likeness (QED) is 0.355. The third-order valence-electron chi connectivity index (χ3n) is 9.50. The molecule has 3 aromatic rings. The number of likely N-dealkylation sites (tertiary alicyclic amines) is 1. The molecular formula is C35H39N3O4. The summed E-state index contributed by atoms with van der Waals surface area (Å²) in [5, 5.41) is 0. The number of benzene rings is 3. The van der Waals surface area contributed by atoms with E-state index in [1.807, 2.05) is 25.1 Å². The molecule has 1 spiro atoms. The summed E-state index contributed by atoms with van der Waals surface area (Å²) in [7, 11) is 0. The second-order valence-electron chi connectivity index (χ2n) is 11.8. The maximum Gasteiger partial charge on any atom is 0.314 e. The molecule has 5 atom stereocenters. The van der Waals surface area contributed by atoms with Crippen LogP contribution in [0.5, 0.6) is 0 Å². The van der Waals surface area contributed by atoms with Crippen molar-refractivity contribution in [2.45, 2.75) is 43.8 Å². The Hall–Kier alpha value is -3.36. The molecule has 7 heteroatoms. The highest BCUT2D eigenvalue weighted by Gasteiger charge is 2.78. The van der Waals surface area contributed by atoms with E-state index in [0.717, 1.165) is 37.2 Å². The molecule has 3 fully saturated rings. The van der Waals surface area contributed by atoms with Gasteiger partial charge in [0.25, 0.3) is 0 Å². The molecule has 3 saturated heterocycles. The van der Waals surface area contributed by atoms with Crippen molar-refractivity contribution >= 4 is 11.7 Å². The Morgan fingerprint density at radius 2 is 1.57 bits per heavy atom. The fourth-order valence-corrected chi connectivity index (χ4v) is 7.78. The molecule has 0 aromatic heterocycles. The molecule has 2 bridgehead atoms. The van der Waals surface area contributed by atoms with E-state index in [-0.39, 0.29) is 17.9 Å². The van der Waals surface area contributed by atoms with E-state index < -0.39 is 17.4 Å². The summed E-state index contributed by atoms with van der Waals surface area (Å²) >= 11 is 0. The van der Waals surface area contributed by atoms with Crippen LogP contribution in [-0.4, -0.2) is 78.4 Å². The molecule has 1 unspecified atom stereocenters. The van der Waals surface area contributed by atoms with Crippen LogP contribution in [-0.2, 0) is 32.0 Å². The summed E-state index contributed by atoms with van der Waals surface area (Å²) in [6.45, 7) is 6.25. The number of carbonyl (C=O) groups excluding carboxylic acids is 1. The van der Waals surface area contributed by atoms with Crippen LogP contribution in [0.3, 0.4) is 0 Å². The average Bonchev–Trinajstić information content (AvgIpc) is 3.64. The second-order valence-corrected chi connectivity index (χ2v) is 11.8. The molecule has 7 nitrogen and oxygen atoms in total. The fourth-order valence-electron chi connectivity index (χ4n) is 7.78. The van der Waals surface area contributed by atoms with Gasteiger partial charge in [0.1, 0.15) is 5.92 Å². The second kappa shape index (κ2) is 11.4. The maximum atomic E-state index is 14.1. The number of hydrogen-bond acceptors (Lipinski definition) is 7. The zero-order valence-electron chi connectivity index (χ0n) is 24.2. The Bertz CT molecular complexity index is 1410. The molecular weight excluding hydrogens is 526 g/mol. The standard InChI is InChI=1S/C35H39N3O4/c1-2-41-33(39)31-29-25-37(24-27-14-8-4-9-15-27)30(19-18-26-12-6-3-7-13-26)34(29)36-32(28-16-10-5-11-17-28)35(31,42-34)38-20-22-40-23-21-38/h3-17,29-31H,2,18-25H2,1H3/t29?,30-,31+,34+,35-/m0/s1. The smallest absolute Gasteiger partial charge is 0.314 e. The van der Waals surface area contributed by atoms with Crippen molar-refractivity contribution in [3.8, 4) is 0 Å². The topological polar surface area (TPSA) is 63.6 Å². The lowest BCUT2D eigenvalue weighted by Crippen LogP contribution is -2.63. The van der Waals surface area contributed by atoms with Crippen molar-refractivity contribution in [1.29, 1.82) is 0 Å². The minimum Gasteiger partial charge on any atom is -0.466 e. The van der Waals surface area contributed by atoms with Crippen LogP contribution in [0.1, 0.15) is 30.0 Å². The van der Waals surface area contributed by atoms with Crippen LogP contribution in [0.15, 0.2) is 96.0 Å². The fraction of sp³-hybridized carbons (Fsp3) is 0.429. The summed E-state index contributed by atoms with van der Waals surface area (Å²) in [6.07, 6.45) is 1.77.